The summed E-state index contributed by atoms with van der Waals surface area (Å²) in [4.78, 5) is 24.2. The summed E-state index contributed by atoms with van der Waals surface area (Å²) in [6.45, 7) is 1.64. The fourth-order valence-corrected chi connectivity index (χ4v) is 2.78. The number of ether oxygens (including phenoxy) is 1. The van der Waals surface area contributed by atoms with Gasteiger partial charge in [-0.3, -0.25) is 4.79 Å². The predicted molar refractivity (Wildman–Crippen MR) is 96.7 cm³/mol. The van der Waals surface area contributed by atoms with Crippen molar-refractivity contribution in [1.29, 1.82) is 0 Å². The molecular formula is C19H19N3O5. The Morgan fingerprint density at radius 2 is 1.96 bits per heavy atom. The molecule has 3 aromatic rings. The number of hydrogen-bond donors (Lipinski definition) is 2. The zero-order valence-corrected chi connectivity index (χ0v) is 15.1. The SMILES string of the molecule is COc1ccc(-c2noc(C(C)NC(=O)c3cccn3C)c2C(=O)O)cc1. The molecule has 0 fully saturated rings. The first-order valence-electron chi connectivity index (χ1n) is 8.21. The summed E-state index contributed by atoms with van der Waals surface area (Å²) >= 11 is 0. The largest absolute Gasteiger partial charge is 0.497 e. The Kier molecular flexibility index (Phi) is 4.98. The molecule has 1 atom stereocenters. The molecule has 8 heteroatoms. The number of amides is 1. The predicted octanol–water partition coefficient (Wildman–Crippen LogP) is 2.88. The number of carboxylic acids is 1. The van der Waals surface area contributed by atoms with Crippen LogP contribution in [0.4, 0.5) is 0 Å². The van der Waals surface area contributed by atoms with E-state index in [4.69, 9.17) is 9.26 Å². The van der Waals surface area contributed by atoms with Gasteiger partial charge < -0.3 is 24.3 Å². The van der Waals surface area contributed by atoms with Crippen LogP contribution in [-0.4, -0.2) is 33.8 Å². The van der Waals surface area contributed by atoms with Gasteiger partial charge in [0.25, 0.3) is 5.91 Å². The standard InChI is InChI=1S/C19H19N3O5/c1-11(20-18(23)14-5-4-10-22(14)2)17-15(19(24)25)16(21-27-17)12-6-8-13(26-3)9-7-12/h4-11H,1-3H3,(H,20,23)(H,24,25). The van der Waals surface area contributed by atoms with E-state index in [1.807, 2.05) is 0 Å². The number of aromatic nitrogens is 2. The fourth-order valence-electron chi connectivity index (χ4n) is 2.78. The van der Waals surface area contributed by atoms with Gasteiger partial charge in [-0.25, -0.2) is 4.79 Å². The van der Waals surface area contributed by atoms with Crippen LogP contribution in [0.15, 0.2) is 47.1 Å². The van der Waals surface area contributed by atoms with Crippen LogP contribution in [0.5, 0.6) is 5.75 Å². The average molecular weight is 369 g/mol. The first-order chi connectivity index (χ1) is 12.9. The number of carbonyl (C=O) groups is 2. The third-order valence-electron chi connectivity index (χ3n) is 4.21. The van der Waals surface area contributed by atoms with Crippen molar-refractivity contribution >= 4 is 11.9 Å². The zero-order chi connectivity index (χ0) is 19.6. The molecule has 0 spiro atoms. The number of aromatic carboxylic acids is 1. The molecule has 2 N–H and O–H groups in total. The molecule has 1 unspecified atom stereocenters. The highest BCUT2D eigenvalue weighted by Gasteiger charge is 2.28. The minimum absolute atomic E-state index is 0.0795. The Morgan fingerprint density at radius 1 is 1.26 bits per heavy atom. The Morgan fingerprint density at radius 3 is 2.52 bits per heavy atom. The molecule has 0 saturated heterocycles. The molecule has 0 radical (unpaired) electrons. The second-order valence-electron chi connectivity index (χ2n) is 6.00. The van der Waals surface area contributed by atoms with E-state index in [1.54, 1.807) is 68.2 Å². The molecule has 0 aliphatic rings. The molecule has 140 valence electrons. The van der Waals surface area contributed by atoms with Gasteiger partial charge >= 0.3 is 5.97 Å². The highest BCUT2D eigenvalue weighted by atomic mass is 16.5. The number of hydrogen-bond acceptors (Lipinski definition) is 5. The van der Waals surface area contributed by atoms with E-state index in [0.29, 0.717) is 17.0 Å². The lowest BCUT2D eigenvalue weighted by atomic mass is 10.0. The normalized spacial score (nSPS) is 11.8. The van der Waals surface area contributed by atoms with Crippen molar-refractivity contribution in [1.82, 2.24) is 15.0 Å². The summed E-state index contributed by atoms with van der Waals surface area (Å²) in [6.07, 6.45) is 1.75. The lowest BCUT2D eigenvalue weighted by molar-refractivity contribution is 0.0692. The van der Waals surface area contributed by atoms with E-state index in [-0.39, 0.29) is 22.9 Å². The van der Waals surface area contributed by atoms with Gasteiger partial charge in [0.15, 0.2) is 5.76 Å². The van der Waals surface area contributed by atoms with Crippen LogP contribution in [0.2, 0.25) is 0 Å². The smallest absolute Gasteiger partial charge is 0.341 e. The number of methoxy groups -OCH3 is 1. The van der Waals surface area contributed by atoms with Crippen LogP contribution in [0.3, 0.4) is 0 Å². The summed E-state index contributed by atoms with van der Waals surface area (Å²) < 4.78 is 12.1. The van der Waals surface area contributed by atoms with Gasteiger partial charge in [0.1, 0.15) is 22.7 Å². The molecule has 1 amide bonds. The molecule has 0 bridgehead atoms. The summed E-state index contributed by atoms with van der Waals surface area (Å²) in [5.74, 6) is -0.802. The molecule has 27 heavy (non-hydrogen) atoms. The van der Waals surface area contributed by atoms with Crippen molar-refractivity contribution in [3.8, 4) is 17.0 Å². The molecule has 0 aliphatic heterocycles. The maximum absolute atomic E-state index is 12.4. The van der Waals surface area contributed by atoms with Crippen molar-refractivity contribution in [3.63, 3.8) is 0 Å². The number of carboxylic acid groups (broad SMARTS) is 1. The number of aryl methyl sites for hydroxylation is 1. The van der Waals surface area contributed by atoms with Crippen LogP contribution >= 0.6 is 0 Å². The maximum Gasteiger partial charge on any atom is 0.341 e. The monoisotopic (exact) mass is 369 g/mol. The van der Waals surface area contributed by atoms with Crippen molar-refractivity contribution < 1.29 is 24.0 Å². The fraction of sp³-hybridized carbons (Fsp3) is 0.211. The lowest BCUT2D eigenvalue weighted by Crippen LogP contribution is -2.28. The van der Waals surface area contributed by atoms with Crippen LogP contribution in [-0.2, 0) is 7.05 Å². The van der Waals surface area contributed by atoms with E-state index in [9.17, 15) is 14.7 Å². The Bertz CT molecular complexity index is 972. The van der Waals surface area contributed by atoms with Crippen molar-refractivity contribution in [3.05, 3.63) is 59.6 Å². The Balaban J connectivity index is 1.91. The van der Waals surface area contributed by atoms with E-state index in [1.165, 1.54) is 0 Å². The summed E-state index contributed by atoms with van der Waals surface area (Å²) in [6, 6.07) is 9.53. The molecule has 3 rings (SSSR count). The number of carbonyl (C=O) groups excluding carboxylic acids is 1. The Labute approximate surface area is 155 Å². The van der Waals surface area contributed by atoms with Crippen LogP contribution in [0.25, 0.3) is 11.3 Å². The van der Waals surface area contributed by atoms with Gasteiger partial charge in [0.05, 0.1) is 13.2 Å². The van der Waals surface area contributed by atoms with E-state index < -0.39 is 12.0 Å². The van der Waals surface area contributed by atoms with Gasteiger partial charge in [-0.05, 0) is 43.3 Å². The Hall–Kier alpha value is -3.55. The first-order valence-corrected chi connectivity index (χ1v) is 8.21. The second kappa shape index (κ2) is 7.36. The van der Waals surface area contributed by atoms with Gasteiger partial charge in [-0.2, -0.15) is 0 Å². The highest BCUT2D eigenvalue weighted by Crippen LogP contribution is 2.30. The topological polar surface area (TPSA) is 107 Å². The molecule has 1 aromatic carbocycles. The summed E-state index contributed by atoms with van der Waals surface area (Å²) in [5.41, 5.74) is 1.14. The number of rotatable bonds is 6. The van der Waals surface area contributed by atoms with E-state index >= 15 is 0 Å². The van der Waals surface area contributed by atoms with Crippen molar-refractivity contribution in [2.24, 2.45) is 7.05 Å². The minimum atomic E-state index is -1.18. The number of nitrogens with zero attached hydrogens (tertiary/aromatic N) is 2. The van der Waals surface area contributed by atoms with Gasteiger partial charge in [0.2, 0.25) is 0 Å². The van der Waals surface area contributed by atoms with Crippen LogP contribution in [0, 0.1) is 0 Å². The zero-order valence-electron chi connectivity index (χ0n) is 15.1. The van der Waals surface area contributed by atoms with Gasteiger partial charge in [0, 0.05) is 18.8 Å². The third kappa shape index (κ3) is 3.55. The summed E-state index contributed by atoms with van der Waals surface area (Å²) in [7, 11) is 3.29. The summed E-state index contributed by atoms with van der Waals surface area (Å²) in [5, 5.41) is 16.3. The van der Waals surface area contributed by atoms with Crippen LogP contribution < -0.4 is 10.1 Å². The maximum atomic E-state index is 12.4. The second-order valence-corrected chi connectivity index (χ2v) is 6.00. The lowest BCUT2D eigenvalue weighted by Gasteiger charge is -2.12. The average Bonchev–Trinajstić information content (AvgIpc) is 3.28. The molecule has 0 saturated carbocycles. The molecule has 2 heterocycles. The van der Waals surface area contributed by atoms with E-state index in [2.05, 4.69) is 10.5 Å². The van der Waals surface area contributed by atoms with Gasteiger partial charge in [-0.15, -0.1) is 0 Å². The van der Waals surface area contributed by atoms with Crippen LogP contribution in [0.1, 0.15) is 39.6 Å². The van der Waals surface area contributed by atoms with E-state index in [0.717, 1.165) is 0 Å². The minimum Gasteiger partial charge on any atom is -0.497 e. The molecule has 2 aromatic heterocycles. The number of benzene rings is 1. The third-order valence-corrected chi connectivity index (χ3v) is 4.21. The molecule has 8 nitrogen and oxygen atoms in total. The van der Waals surface area contributed by atoms with Crippen molar-refractivity contribution in [2.45, 2.75) is 13.0 Å². The van der Waals surface area contributed by atoms with Gasteiger partial charge in [-0.1, -0.05) is 5.16 Å². The quantitative estimate of drug-likeness (QED) is 0.692. The first kappa shape index (κ1) is 18.2. The highest BCUT2D eigenvalue weighted by molar-refractivity contribution is 5.97. The number of nitrogens with one attached hydrogen (secondary N) is 1. The molecular weight excluding hydrogens is 350 g/mol. The molecule has 0 aliphatic carbocycles. The van der Waals surface area contributed by atoms with Crippen molar-refractivity contribution in [2.75, 3.05) is 7.11 Å².